The summed E-state index contributed by atoms with van der Waals surface area (Å²) < 4.78 is 30.0. The normalized spacial score (nSPS) is 11.3. The van der Waals surface area contributed by atoms with Gasteiger partial charge in [0, 0.05) is 5.56 Å². The molecule has 6 nitrogen and oxygen atoms in total. The van der Waals surface area contributed by atoms with E-state index in [1.165, 1.54) is 24.4 Å². The summed E-state index contributed by atoms with van der Waals surface area (Å²) in [5.41, 5.74) is 3.71. The minimum atomic E-state index is -3.97. The van der Waals surface area contributed by atoms with Gasteiger partial charge in [-0.3, -0.25) is 4.79 Å². The van der Waals surface area contributed by atoms with Gasteiger partial charge in [0.25, 0.3) is 0 Å². The zero-order valence-electron chi connectivity index (χ0n) is 14.9. The van der Waals surface area contributed by atoms with Crippen LogP contribution in [0.3, 0.4) is 0 Å². The summed E-state index contributed by atoms with van der Waals surface area (Å²) in [5.74, 6) is -0.162. The minimum Gasteiger partial charge on any atom is -0.378 e. The highest BCUT2D eigenvalue weighted by molar-refractivity contribution is 7.87. The smallest absolute Gasteiger partial charge is 0.339 e. The lowest BCUT2D eigenvalue weighted by Crippen LogP contribution is -2.19. The Labute approximate surface area is 163 Å². The van der Waals surface area contributed by atoms with Gasteiger partial charge in [-0.25, -0.2) is 5.43 Å². The highest BCUT2D eigenvalue weighted by atomic mass is 32.2. The topological polar surface area (TPSA) is 84.8 Å². The van der Waals surface area contributed by atoms with E-state index in [0.717, 1.165) is 5.56 Å². The van der Waals surface area contributed by atoms with Crippen LogP contribution in [0.15, 0.2) is 94.9 Å². The second-order valence-electron chi connectivity index (χ2n) is 5.84. The lowest BCUT2D eigenvalue weighted by Gasteiger charge is -2.09. The van der Waals surface area contributed by atoms with E-state index in [4.69, 9.17) is 4.18 Å². The van der Waals surface area contributed by atoms with Crippen LogP contribution in [-0.2, 0) is 21.3 Å². The maximum atomic E-state index is 12.4. The standard InChI is InChI=1S/C21H18N2O4S/c24-21(15-17-9-3-1-4-10-17)23-22-16-18-11-7-8-14-20(18)27-28(25,26)19-12-5-2-6-13-19/h1-14,16H,15H2,(H,23,24). The molecule has 0 unspecified atom stereocenters. The van der Waals surface area contributed by atoms with Crippen molar-refractivity contribution in [3.05, 3.63) is 96.1 Å². The minimum absolute atomic E-state index is 0.0536. The van der Waals surface area contributed by atoms with Crippen LogP contribution in [0.25, 0.3) is 0 Å². The van der Waals surface area contributed by atoms with E-state index in [1.54, 1.807) is 36.4 Å². The Balaban J connectivity index is 1.68. The van der Waals surface area contributed by atoms with Crippen molar-refractivity contribution in [2.24, 2.45) is 5.10 Å². The molecule has 0 fully saturated rings. The van der Waals surface area contributed by atoms with E-state index in [0.29, 0.717) is 5.56 Å². The molecule has 1 amide bonds. The van der Waals surface area contributed by atoms with Gasteiger partial charge in [-0.15, -0.1) is 0 Å². The van der Waals surface area contributed by atoms with Crippen LogP contribution < -0.4 is 9.61 Å². The molecule has 7 heteroatoms. The van der Waals surface area contributed by atoms with E-state index in [9.17, 15) is 13.2 Å². The van der Waals surface area contributed by atoms with E-state index >= 15 is 0 Å². The molecule has 0 saturated carbocycles. The summed E-state index contributed by atoms with van der Waals surface area (Å²) in [6.07, 6.45) is 1.54. The summed E-state index contributed by atoms with van der Waals surface area (Å²) in [6, 6.07) is 23.7. The molecule has 0 aliphatic carbocycles. The Morgan fingerprint density at radius 1 is 0.893 bits per heavy atom. The third-order valence-electron chi connectivity index (χ3n) is 3.75. The van der Waals surface area contributed by atoms with Crippen molar-refractivity contribution in [2.45, 2.75) is 11.3 Å². The fraction of sp³-hybridized carbons (Fsp3) is 0.0476. The van der Waals surface area contributed by atoms with E-state index in [-0.39, 0.29) is 23.0 Å². The maximum absolute atomic E-state index is 12.4. The second kappa shape index (κ2) is 8.96. The van der Waals surface area contributed by atoms with E-state index in [2.05, 4.69) is 10.5 Å². The van der Waals surface area contributed by atoms with Crippen LogP contribution in [0.5, 0.6) is 5.75 Å². The first-order valence-electron chi connectivity index (χ1n) is 8.49. The van der Waals surface area contributed by atoms with Crippen LogP contribution >= 0.6 is 0 Å². The van der Waals surface area contributed by atoms with Crippen molar-refractivity contribution in [1.82, 2.24) is 5.43 Å². The molecule has 142 valence electrons. The number of hydrogen-bond donors (Lipinski definition) is 1. The number of carbonyl (C=O) groups is 1. The molecular weight excluding hydrogens is 376 g/mol. The predicted octanol–water partition coefficient (Wildman–Crippen LogP) is 3.15. The fourth-order valence-corrected chi connectivity index (χ4v) is 3.39. The molecule has 28 heavy (non-hydrogen) atoms. The molecule has 0 saturated heterocycles. The largest absolute Gasteiger partial charge is 0.378 e. The van der Waals surface area contributed by atoms with Gasteiger partial charge in [-0.05, 0) is 29.8 Å². The molecule has 0 radical (unpaired) electrons. The quantitative estimate of drug-likeness (QED) is 0.379. The SMILES string of the molecule is O=C(Cc1ccccc1)NN=Cc1ccccc1OS(=O)(=O)c1ccccc1. The second-order valence-corrected chi connectivity index (χ2v) is 7.39. The van der Waals surface area contributed by atoms with Crippen molar-refractivity contribution in [3.8, 4) is 5.75 Å². The van der Waals surface area contributed by atoms with Gasteiger partial charge in [-0.1, -0.05) is 60.7 Å². The number of para-hydroxylation sites is 1. The fourth-order valence-electron chi connectivity index (χ4n) is 2.41. The molecule has 0 aliphatic rings. The van der Waals surface area contributed by atoms with Crippen LogP contribution in [0.4, 0.5) is 0 Å². The van der Waals surface area contributed by atoms with Gasteiger partial charge >= 0.3 is 10.1 Å². The van der Waals surface area contributed by atoms with E-state index in [1.807, 2.05) is 30.3 Å². The van der Waals surface area contributed by atoms with Crippen molar-refractivity contribution < 1.29 is 17.4 Å². The van der Waals surface area contributed by atoms with Crippen LogP contribution in [-0.4, -0.2) is 20.5 Å². The average Bonchev–Trinajstić information content (AvgIpc) is 2.70. The summed E-state index contributed by atoms with van der Waals surface area (Å²) in [5, 5.41) is 3.90. The number of benzene rings is 3. The van der Waals surface area contributed by atoms with Crippen LogP contribution in [0, 0.1) is 0 Å². The Morgan fingerprint density at radius 2 is 1.50 bits per heavy atom. The molecule has 3 rings (SSSR count). The summed E-state index contributed by atoms with van der Waals surface area (Å²) >= 11 is 0. The van der Waals surface area contributed by atoms with Gasteiger partial charge in [0.1, 0.15) is 4.90 Å². The lowest BCUT2D eigenvalue weighted by atomic mass is 10.1. The average molecular weight is 394 g/mol. The first-order chi connectivity index (χ1) is 13.5. The molecule has 0 spiro atoms. The highest BCUT2D eigenvalue weighted by Crippen LogP contribution is 2.21. The Kier molecular flexibility index (Phi) is 6.18. The number of hydrazone groups is 1. The molecule has 0 atom stereocenters. The Hall–Kier alpha value is -3.45. The molecule has 3 aromatic carbocycles. The van der Waals surface area contributed by atoms with Gasteiger partial charge in [0.2, 0.25) is 5.91 Å². The van der Waals surface area contributed by atoms with Gasteiger partial charge in [0.05, 0.1) is 12.6 Å². The number of nitrogens with one attached hydrogen (secondary N) is 1. The van der Waals surface area contributed by atoms with Crippen molar-refractivity contribution >= 4 is 22.2 Å². The number of nitrogens with zero attached hydrogens (tertiary/aromatic N) is 1. The summed E-state index contributed by atoms with van der Waals surface area (Å²) in [4.78, 5) is 12.0. The first kappa shape index (κ1) is 19.3. The molecule has 0 aromatic heterocycles. The monoisotopic (exact) mass is 394 g/mol. The molecule has 0 heterocycles. The maximum Gasteiger partial charge on any atom is 0.339 e. The molecule has 3 aromatic rings. The van der Waals surface area contributed by atoms with Crippen molar-refractivity contribution in [1.29, 1.82) is 0 Å². The van der Waals surface area contributed by atoms with E-state index < -0.39 is 10.1 Å². The molecular formula is C21H18N2O4S. The van der Waals surface area contributed by atoms with Crippen molar-refractivity contribution in [3.63, 3.8) is 0 Å². The molecule has 0 aliphatic heterocycles. The Morgan fingerprint density at radius 3 is 2.21 bits per heavy atom. The van der Waals surface area contributed by atoms with Crippen LogP contribution in [0.2, 0.25) is 0 Å². The molecule has 1 N–H and O–H groups in total. The highest BCUT2D eigenvalue weighted by Gasteiger charge is 2.17. The summed E-state index contributed by atoms with van der Waals surface area (Å²) in [7, 11) is -3.97. The Bertz CT molecular complexity index is 1070. The van der Waals surface area contributed by atoms with Crippen molar-refractivity contribution in [2.75, 3.05) is 0 Å². The van der Waals surface area contributed by atoms with Crippen LogP contribution in [0.1, 0.15) is 11.1 Å². The zero-order chi connectivity index (χ0) is 19.8. The van der Waals surface area contributed by atoms with Gasteiger partial charge < -0.3 is 4.18 Å². The number of rotatable bonds is 7. The number of carbonyl (C=O) groups excluding carboxylic acids is 1. The third kappa shape index (κ3) is 5.28. The van der Waals surface area contributed by atoms with Gasteiger partial charge in [0.15, 0.2) is 5.75 Å². The van der Waals surface area contributed by atoms with Gasteiger partial charge in [-0.2, -0.15) is 13.5 Å². The predicted molar refractivity (Wildman–Crippen MR) is 107 cm³/mol. The lowest BCUT2D eigenvalue weighted by molar-refractivity contribution is -0.120. The zero-order valence-corrected chi connectivity index (χ0v) is 15.7. The first-order valence-corrected chi connectivity index (χ1v) is 9.90. The number of hydrogen-bond acceptors (Lipinski definition) is 5. The third-order valence-corrected chi connectivity index (χ3v) is 5.00. The summed E-state index contributed by atoms with van der Waals surface area (Å²) in [6.45, 7) is 0. The molecule has 0 bridgehead atoms. The number of amides is 1.